The Morgan fingerprint density at radius 1 is 1.71 bits per heavy atom. The molecule has 2 amide bonds. The Morgan fingerprint density at radius 2 is 2.43 bits per heavy atom. The molecule has 80 valence electrons. The lowest BCUT2D eigenvalue weighted by Crippen LogP contribution is -2.33. The van der Waals surface area contributed by atoms with E-state index in [2.05, 4.69) is 5.32 Å². The molecule has 14 heavy (non-hydrogen) atoms. The van der Waals surface area contributed by atoms with Crippen LogP contribution in [0.2, 0.25) is 0 Å². The quantitative estimate of drug-likeness (QED) is 0.712. The molecule has 0 aromatic rings. The third-order valence-electron chi connectivity index (χ3n) is 2.06. The number of likely N-dealkylation sites (N-methyl/N-ethyl adjacent to an activating group) is 1. The van der Waals surface area contributed by atoms with Gasteiger partial charge in [0.15, 0.2) is 0 Å². The first-order chi connectivity index (χ1) is 6.63. The van der Waals surface area contributed by atoms with Crippen LogP contribution in [0.5, 0.6) is 0 Å². The van der Waals surface area contributed by atoms with E-state index in [9.17, 15) is 9.59 Å². The summed E-state index contributed by atoms with van der Waals surface area (Å²) >= 11 is 0. The zero-order valence-electron chi connectivity index (χ0n) is 8.58. The van der Waals surface area contributed by atoms with Gasteiger partial charge in [-0.3, -0.25) is 4.79 Å². The van der Waals surface area contributed by atoms with Crippen LogP contribution in [0.15, 0.2) is 0 Å². The second-order valence-electron chi connectivity index (χ2n) is 3.44. The maximum atomic E-state index is 11.1. The fourth-order valence-electron chi connectivity index (χ4n) is 1.30. The van der Waals surface area contributed by atoms with E-state index >= 15 is 0 Å². The van der Waals surface area contributed by atoms with E-state index < -0.39 is 0 Å². The molecule has 1 aliphatic rings. The average molecular weight is 200 g/mol. The van der Waals surface area contributed by atoms with Crippen molar-refractivity contribution in [3.8, 4) is 0 Å². The maximum Gasteiger partial charge on any atom is 0.410 e. The summed E-state index contributed by atoms with van der Waals surface area (Å²) in [6, 6.07) is 0. The van der Waals surface area contributed by atoms with Crippen molar-refractivity contribution in [2.45, 2.75) is 25.9 Å². The van der Waals surface area contributed by atoms with Crippen LogP contribution in [0.3, 0.4) is 0 Å². The van der Waals surface area contributed by atoms with Crippen LogP contribution in [0.25, 0.3) is 0 Å². The van der Waals surface area contributed by atoms with Crippen LogP contribution < -0.4 is 5.32 Å². The lowest BCUT2D eigenvalue weighted by molar-refractivity contribution is -0.121. The summed E-state index contributed by atoms with van der Waals surface area (Å²) < 4.78 is 4.97. The van der Waals surface area contributed by atoms with E-state index in [1.165, 1.54) is 4.90 Å². The Kier molecular flexibility index (Phi) is 3.73. The third kappa shape index (κ3) is 2.90. The van der Waals surface area contributed by atoms with Gasteiger partial charge in [-0.1, -0.05) is 6.92 Å². The Morgan fingerprint density at radius 3 is 2.93 bits per heavy atom. The van der Waals surface area contributed by atoms with Gasteiger partial charge in [0.25, 0.3) is 0 Å². The summed E-state index contributed by atoms with van der Waals surface area (Å²) in [6.07, 6.45) is 0.834. The standard InChI is InChI=1S/C9H16N2O3/c1-3-4-8(12)10-5-7-6-11(2)9(13)14-7/h7H,3-6H2,1-2H3,(H,10,12). The summed E-state index contributed by atoms with van der Waals surface area (Å²) in [5.41, 5.74) is 0. The number of nitrogens with zero attached hydrogens (tertiary/aromatic N) is 1. The molecular weight excluding hydrogens is 184 g/mol. The van der Waals surface area contributed by atoms with Crippen molar-refractivity contribution in [1.82, 2.24) is 10.2 Å². The van der Waals surface area contributed by atoms with Crippen molar-refractivity contribution in [1.29, 1.82) is 0 Å². The summed E-state index contributed by atoms with van der Waals surface area (Å²) in [5, 5.41) is 2.72. The molecule has 0 radical (unpaired) electrons. The summed E-state index contributed by atoms with van der Waals surface area (Å²) in [7, 11) is 1.68. The number of hydrogen-bond donors (Lipinski definition) is 1. The second-order valence-corrected chi connectivity index (χ2v) is 3.44. The van der Waals surface area contributed by atoms with Crippen LogP contribution in [-0.4, -0.2) is 43.1 Å². The fourth-order valence-corrected chi connectivity index (χ4v) is 1.30. The van der Waals surface area contributed by atoms with Gasteiger partial charge in [-0.25, -0.2) is 4.79 Å². The monoisotopic (exact) mass is 200 g/mol. The van der Waals surface area contributed by atoms with Gasteiger partial charge < -0.3 is 15.0 Å². The molecule has 0 saturated carbocycles. The number of hydrogen-bond acceptors (Lipinski definition) is 3. The zero-order valence-corrected chi connectivity index (χ0v) is 8.58. The Labute approximate surface area is 83.4 Å². The van der Waals surface area contributed by atoms with Crippen LogP contribution in [-0.2, 0) is 9.53 Å². The van der Waals surface area contributed by atoms with E-state index in [0.29, 0.717) is 19.5 Å². The number of rotatable bonds is 4. The van der Waals surface area contributed by atoms with E-state index in [1.54, 1.807) is 7.05 Å². The van der Waals surface area contributed by atoms with E-state index in [4.69, 9.17) is 4.74 Å². The molecule has 0 aromatic heterocycles. The van der Waals surface area contributed by atoms with Crippen molar-refractivity contribution in [2.24, 2.45) is 0 Å². The molecular formula is C9H16N2O3. The maximum absolute atomic E-state index is 11.1. The topological polar surface area (TPSA) is 58.6 Å². The highest BCUT2D eigenvalue weighted by Crippen LogP contribution is 2.07. The number of cyclic esters (lactones) is 1. The first-order valence-corrected chi connectivity index (χ1v) is 4.82. The summed E-state index contributed by atoms with van der Waals surface area (Å²) in [5.74, 6) is 0.0121. The number of amides is 2. The Bertz CT molecular complexity index is 230. The lowest BCUT2D eigenvalue weighted by Gasteiger charge is -2.08. The predicted octanol–water partition coefficient (Wildman–Crippen LogP) is 0.353. The minimum absolute atomic E-state index is 0.0121. The van der Waals surface area contributed by atoms with Gasteiger partial charge in [0.05, 0.1) is 13.1 Å². The molecule has 5 nitrogen and oxygen atoms in total. The van der Waals surface area contributed by atoms with Gasteiger partial charge in [-0.05, 0) is 6.42 Å². The molecule has 1 unspecified atom stereocenters. The van der Waals surface area contributed by atoms with Crippen molar-refractivity contribution >= 4 is 12.0 Å². The molecule has 0 bridgehead atoms. The molecule has 5 heteroatoms. The highest BCUT2D eigenvalue weighted by Gasteiger charge is 2.28. The molecule has 1 aliphatic heterocycles. The molecule has 1 atom stereocenters. The van der Waals surface area contributed by atoms with Gasteiger partial charge in [0, 0.05) is 13.5 Å². The number of ether oxygens (including phenoxy) is 1. The van der Waals surface area contributed by atoms with Crippen LogP contribution in [0, 0.1) is 0 Å². The second kappa shape index (κ2) is 4.83. The smallest absolute Gasteiger partial charge is 0.410 e. The fraction of sp³-hybridized carbons (Fsp3) is 0.778. The number of carbonyl (C=O) groups is 2. The predicted molar refractivity (Wildman–Crippen MR) is 50.8 cm³/mol. The summed E-state index contributed by atoms with van der Waals surface area (Å²) in [6.45, 7) is 2.91. The minimum Gasteiger partial charge on any atom is -0.442 e. The van der Waals surface area contributed by atoms with Gasteiger partial charge in [0.2, 0.25) is 5.91 Å². The molecule has 0 aliphatic carbocycles. The van der Waals surface area contributed by atoms with Crippen molar-refractivity contribution < 1.29 is 14.3 Å². The van der Waals surface area contributed by atoms with Crippen LogP contribution >= 0.6 is 0 Å². The molecule has 1 rings (SSSR count). The molecule has 1 saturated heterocycles. The van der Waals surface area contributed by atoms with Crippen molar-refractivity contribution in [3.05, 3.63) is 0 Å². The number of nitrogens with one attached hydrogen (secondary N) is 1. The Balaban J connectivity index is 2.20. The highest BCUT2D eigenvalue weighted by molar-refractivity contribution is 5.76. The molecule has 1 heterocycles. The van der Waals surface area contributed by atoms with Crippen molar-refractivity contribution in [3.63, 3.8) is 0 Å². The first kappa shape index (κ1) is 10.8. The minimum atomic E-state index is -0.320. The Hall–Kier alpha value is -1.26. The largest absolute Gasteiger partial charge is 0.442 e. The normalized spacial score (nSPS) is 20.9. The summed E-state index contributed by atoms with van der Waals surface area (Å²) in [4.78, 5) is 23.5. The van der Waals surface area contributed by atoms with Crippen LogP contribution in [0.1, 0.15) is 19.8 Å². The molecule has 1 fully saturated rings. The van der Waals surface area contributed by atoms with Gasteiger partial charge in [-0.15, -0.1) is 0 Å². The molecule has 0 spiro atoms. The van der Waals surface area contributed by atoms with Crippen molar-refractivity contribution in [2.75, 3.05) is 20.1 Å². The van der Waals surface area contributed by atoms with E-state index in [-0.39, 0.29) is 18.1 Å². The van der Waals surface area contributed by atoms with Gasteiger partial charge in [-0.2, -0.15) is 0 Å². The van der Waals surface area contributed by atoms with E-state index in [1.807, 2.05) is 6.92 Å². The van der Waals surface area contributed by atoms with Gasteiger partial charge >= 0.3 is 6.09 Å². The van der Waals surface area contributed by atoms with E-state index in [0.717, 1.165) is 6.42 Å². The zero-order chi connectivity index (χ0) is 10.6. The average Bonchev–Trinajstić information content (AvgIpc) is 2.44. The third-order valence-corrected chi connectivity index (χ3v) is 2.06. The highest BCUT2D eigenvalue weighted by atomic mass is 16.6. The molecule has 1 N–H and O–H groups in total. The van der Waals surface area contributed by atoms with Gasteiger partial charge in [0.1, 0.15) is 6.10 Å². The SMILES string of the molecule is CCCC(=O)NCC1CN(C)C(=O)O1. The van der Waals surface area contributed by atoms with Crippen LogP contribution in [0.4, 0.5) is 4.79 Å². The first-order valence-electron chi connectivity index (χ1n) is 4.82. The molecule has 0 aromatic carbocycles. The lowest BCUT2D eigenvalue weighted by atomic mass is 10.3. The number of carbonyl (C=O) groups excluding carboxylic acids is 2.